The summed E-state index contributed by atoms with van der Waals surface area (Å²) in [5.41, 5.74) is 11.6. The summed E-state index contributed by atoms with van der Waals surface area (Å²) in [5.74, 6) is -0.244. The molecule has 7 heteroatoms. The summed E-state index contributed by atoms with van der Waals surface area (Å²) in [6.07, 6.45) is 3.82. The number of hydrogen-bond donors (Lipinski definition) is 2. The van der Waals surface area contributed by atoms with Crippen LogP contribution < -0.4 is 11.1 Å². The molecule has 1 atom stereocenters. The molecule has 0 bridgehead atoms. The van der Waals surface area contributed by atoms with Crippen molar-refractivity contribution >= 4 is 55.0 Å². The van der Waals surface area contributed by atoms with Crippen LogP contribution in [-0.2, 0) is 12.8 Å². The Hall–Kier alpha value is -3.03. The fraction of sp³-hybridized carbons (Fsp3) is 0.323. The van der Waals surface area contributed by atoms with Crippen LogP contribution in [0.3, 0.4) is 0 Å². The molecule has 2 aromatic carbocycles. The van der Waals surface area contributed by atoms with Crippen molar-refractivity contribution in [3.05, 3.63) is 80.1 Å². The second-order valence-electron chi connectivity index (χ2n) is 10.9. The number of anilines is 1. The van der Waals surface area contributed by atoms with E-state index < -0.39 is 5.91 Å². The Morgan fingerprint density at radius 1 is 1.18 bits per heavy atom. The minimum Gasteiger partial charge on any atom is -0.365 e. The molecule has 1 aliphatic rings. The Kier molecular flexibility index (Phi) is 7.18. The van der Waals surface area contributed by atoms with E-state index >= 15 is 0 Å². The minimum absolute atomic E-state index is 0.216. The third kappa shape index (κ3) is 5.02. The zero-order valence-corrected chi connectivity index (χ0v) is 24.6. The standard InChI is InChI=1S/C31H32BrN3O2S/c1-5-31(3,4)19-9-11-21-26(14-19)38-30(27(21)28(33)36)35-29(37)23-16-25(18-8-6-7-17(2)13-18)34-24-12-10-20(32)15-22(23)24/h6-8,10,12-13,15-16,19H,5,9,11,14H2,1-4H3,(H2,33,36)(H,35,37). The van der Waals surface area contributed by atoms with Crippen LogP contribution in [0.5, 0.6) is 0 Å². The molecule has 0 saturated heterocycles. The molecule has 2 heterocycles. The monoisotopic (exact) mass is 589 g/mol. The number of thiophene rings is 1. The van der Waals surface area contributed by atoms with Crippen LogP contribution in [0.15, 0.2) is 53.0 Å². The van der Waals surface area contributed by atoms with Crippen molar-refractivity contribution in [1.29, 1.82) is 0 Å². The van der Waals surface area contributed by atoms with E-state index in [4.69, 9.17) is 10.7 Å². The normalized spacial score (nSPS) is 15.3. The van der Waals surface area contributed by atoms with Crippen LogP contribution in [0.1, 0.15) is 70.3 Å². The number of aromatic nitrogens is 1. The van der Waals surface area contributed by atoms with Gasteiger partial charge in [0.15, 0.2) is 0 Å². The number of primary amides is 1. The van der Waals surface area contributed by atoms with Crippen molar-refractivity contribution in [2.45, 2.75) is 53.4 Å². The molecule has 196 valence electrons. The van der Waals surface area contributed by atoms with Gasteiger partial charge >= 0.3 is 0 Å². The Morgan fingerprint density at radius 3 is 2.68 bits per heavy atom. The molecule has 3 N–H and O–H groups in total. The number of hydrogen-bond acceptors (Lipinski definition) is 4. The van der Waals surface area contributed by atoms with E-state index in [1.165, 1.54) is 11.3 Å². The van der Waals surface area contributed by atoms with Crippen molar-refractivity contribution in [2.75, 3.05) is 5.32 Å². The minimum atomic E-state index is -0.492. The topological polar surface area (TPSA) is 85.1 Å². The lowest BCUT2D eigenvalue weighted by atomic mass is 9.69. The first-order valence-electron chi connectivity index (χ1n) is 13.0. The predicted molar refractivity (Wildman–Crippen MR) is 160 cm³/mol. The van der Waals surface area contributed by atoms with E-state index in [1.54, 1.807) is 0 Å². The Morgan fingerprint density at radius 2 is 1.97 bits per heavy atom. The third-order valence-electron chi connectivity index (χ3n) is 8.08. The maximum absolute atomic E-state index is 13.8. The molecule has 0 fully saturated rings. The number of fused-ring (bicyclic) bond motifs is 2. The van der Waals surface area contributed by atoms with E-state index in [9.17, 15) is 9.59 Å². The average molecular weight is 591 g/mol. The molecule has 0 radical (unpaired) electrons. The number of carbonyl (C=O) groups is 2. The van der Waals surface area contributed by atoms with E-state index in [0.717, 1.165) is 68.3 Å². The van der Waals surface area contributed by atoms with Crippen molar-refractivity contribution < 1.29 is 9.59 Å². The zero-order chi connectivity index (χ0) is 27.2. The van der Waals surface area contributed by atoms with Gasteiger partial charge in [-0.2, -0.15) is 0 Å². The number of nitrogens with two attached hydrogens (primary N) is 1. The second kappa shape index (κ2) is 10.3. The summed E-state index contributed by atoms with van der Waals surface area (Å²) >= 11 is 5.03. The maximum Gasteiger partial charge on any atom is 0.257 e. The average Bonchev–Trinajstić information content (AvgIpc) is 3.25. The number of rotatable bonds is 6. The van der Waals surface area contributed by atoms with E-state index in [1.807, 2.05) is 49.4 Å². The smallest absolute Gasteiger partial charge is 0.257 e. The number of nitrogens with zero attached hydrogens (tertiary/aromatic N) is 1. The Labute approximate surface area is 236 Å². The first-order valence-corrected chi connectivity index (χ1v) is 14.6. The predicted octanol–water partition coefficient (Wildman–Crippen LogP) is 7.93. The van der Waals surface area contributed by atoms with Gasteiger partial charge in [0.25, 0.3) is 11.8 Å². The fourth-order valence-corrected chi connectivity index (χ4v) is 7.09. The van der Waals surface area contributed by atoms with Gasteiger partial charge in [0.2, 0.25) is 0 Å². The number of carbonyl (C=O) groups excluding carboxylic acids is 2. The van der Waals surface area contributed by atoms with Gasteiger partial charge in [-0.3, -0.25) is 9.59 Å². The molecule has 4 aromatic rings. The molecule has 38 heavy (non-hydrogen) atoms. The fourth-order valence-electron chi connectivity index (χ4n) is 5.40. The summed E-state index contributed by atoms with van der Waals surface area (Å²) < 4.78 is 0.859. The highest BCUT2D eigenvalue weighted by Crippen LogP contribution is 2.45. The first kappa shape index (κ1) is 26.6. The Balaban J connectivity index is 1.56. The van der Waals surface area contributed by atoms with Gasteiger partial charge in [0.05, 0.1) is 22.3 Å². The molecular weight excluding hydrogens is 558 g/mol. The lowest BCUT2D eigenvalue weighted by molar-refractivity contribution is 0.0999. The summed E-state index contributed by atoms with van der Waals surface area (Å²) in [4.78, 5) is 32.4. The molecule has 0 saturated carbocycles. The van der Waals surface area contributed by atoms with E-state index in [0.29, 0.717) is 22.0 Å². The van der Waals surface area contributed by atoms with Crippen molar-refractivity contribution in [3.63, 3.8) is 0 Å². The summed E-state index contributed by atoms with van der Waals surface area (Å²) in [7, 11) is 0. The van der Waals surface area contributed by atoms with Crippen molar-refractivity contribution in [1.82, 2.24) is 4.98 Å². The van der Waals surface area contributed by atoms with Gasteiger partial charge in [-0.1, -0.05) is 66.9 Å². The number of halogens is 1. The van der Waals surface area contributed by atoms with E-state index in [2.05, 4.69) is 48.1 Å². The van der Waals surface area contributed by atoms with Gasteiger partial charge in [-0.25, -0.2) is 4.98 Å². The molecule has 2 aromatic heterocycles. The summed E-state index contributed by atoms with van der Waals surface area (Å²) in [6, 6.07) is 15.6. The van der Waals surface area contributed by atoms with Gasteiger partial charge in [-0.05, 0) is 73.4 Å². The number of benzene rings is 2. The molecule has 1 unspecified atom stereocenters. The van der Waals surface area contributed by atoms with Gasteiger partial charge < -0.3 is 11.1 Å². The number of aryl methyl sites for hydroxylation is 1. The molecule has 0 spiro atoms. The summed E-state index contributed by atoms with van der Waals surface area (Å²) in [6.45, 7) is 8.89. The molecule has 0 aliphatic heterocycles. The number of pyridine rings is 1. The highest BCUT2D eigenvalue weighted by atomic mass is 79.9. The lowest BCUT2D eigenvalue weighted by Gasteiger charge is -2.36. The second-order valence-corrected chi connectivity index (χ2v) is 12.9. The number of amides is 2. The Bertz CT molecular complexity index is 1570. The summed E-state index contributed by atoms with van der Waals surface area (Å²) in [5, 5.41) is 4.35. The quantitative estimate of drug-likeness (QED) is 0.239. The number of nitrogens with one attached hydrogen (secondary N) is 1. The van der Waals surface area contributed by atoms with Crippen molar-refractivity contribution in [3.8, 4) is 11.3 Å². The van der Waals surface area contributed by atoms with Crippen LogP contribution >= 0.6 is 27.3 Å². The third-order valence-corrected chi connectivity index (χ3v) is 9.75. The van der Waals surface area contributed by atoms with Gasteiger partial charge in [-0.15, -0.1) is 11.3 Å². The van der Waals surface area contributed by atoms with Crippen molar-refractivity contribution in [2.24, 2.45) is 17.1 Å². The zero-order valence-electron chi connectivity index (χ0n) is 22.2. The molecular formula is C31H32BrN3O2S. The van der Waals surface area contributed by atoms with Crippen LogP contribution in [0.4, 0.5) is 5.00 Å². The first-order chi connectivity index (χ1) is 18.1. The lowest BCUT2D eigenvalue weighted by Crippen LogP contribution is -2.29. The molecule has 2 amide bonds. The largest absolute Gasteiger partial charge is 0.365 e. The van der Waals surface area contributed by atoms with Crippen LogP contribution in [0.2, 0.25) is 0 Å². The van der Waals surface area contributed by atoms with Crippen LogP contribution in [0.25, 0.3) is 22.2 Å². The van der Waals surface area contributed by atoms with Gasteiger partial charge in [0.1, 0.15) is 5.00 Å². The van der Waals surface area contributed by atoms with Crippen LogP contribution in [-0.4, -0.2) is 16.8 Å². The highest BCUT2D eigenvalue weighted by Gasteiger charge is 2.35. The molecule has 5 rings (SSSR count). The van der Waals surface area contributed by atoms with E-state index in [-0.39, 0.29) is 11.3 Å². The SMILES string of the molecule is CCC(C)(C)C1CCc2c(sc(NC(=O)c3cc(-c4cccc(C)c4)nc4ccc(Br)cc34)c2C(N)=O)C1. The molecule has 1 aliphatic carbocycles. The highest BCUT2D eigenvalue weighted by molar-refractivity contribution is 9.10. The van der Waals surface area contributed by atoms with Crippen LogP contribution in [0, 0.1) is 18.3 Å². The molecule has 5 nitrogen and oxygen atoms in total. The maximum atomic E-state index is 13.8. The van der Waals surface area contributed by atoms with Gasteiger partial charge in [0, 0.05) is 20.3 Å².